The summed E-state index contributed by atoms with van der Waals surface area (Å²) in [6.45, 7) is 1.95. The van der Waals surface area contributed by atoms with Crippen molar-refractivity contribution in [3.63, 3.8) is 0 Å². The van der Waals surface area contributed by atoms with Crippen molar-refractivity contribution in [3.05, 3.63) is 34.9 Å². The second-order valence-corrected chi connectivity index (χ2v) is 3.31. The number of aliphatic hydroxyl groups is 1. The van der Waals surface area contributed by atoms with E-state index in [2.05, 4.69) is 5.16 Å². The summed E-state index contributed by atoms with van der Waals surface area (Å²) in [5.41, 5.74) is 3.40. The Labute approximate surface area is 76.3 Å². The quantitative estimate of drug-likeness (QED) is 0.460. The van der Waals surface area contributed by atoms with Crippen LogP contribution in [-0.4, -0.2) is 22.1 Å². The van der Waals surface area contributed by atoms with Crippen LogP contribution in [0.4, 0.5) is 0 Å². The van der Waals surface area contributed by atoms with Crippen molar-refractivity contribution in [3.8, 4) is 0 Å². The highest BCUT2D eigenvalue weighted by molar-refractivity contribution is 6.08. The van der Waals surface area contributed by atoms with E-state index in [-0.39, 0.29) is 0 Å². The molecule has 0 fully saturated rings. The molecule has 0 saturated carbocycles. The molecule has 0 amide bonds. The molecule has 1 aliphatic carbocycles. The first-order valence-corrected chi connectivity index (χ1v) is 4.23. The molecule has 1 atom stereocenters. The van der Waals surface area contributed by atoms with Crippen LogP contribution in [0, 0.1) is 6.92 Å². The molecule has 0 aromatic heterocycles. The molecule has 68 valence electrons. The van der Waals surface area contributed by atoms with Gasteiger partial charge in [-0.05, 0) is 18.1 Å². The summed E-state index contributed by atoms with van der Waals surface area (Å²) < 4.78 is 0. The van der Waals surface area contributed by atoms with Gasteiger partial charge in [-0.1, -0.05) is 23.4 Å². The minimum absolute atomic E-state index is 0.396. The number of hydrogen-bond acceptors (Lipinski definition) is 3. The first kappa shape index (κ1) is 8.26. The molecule has 0 heterocycles. The molecule has 0 bridgehead atoms. The van der Waals surface area contributed by atoms with Crippen LogP contribution in [-0.2, 0) is 6.42 Å². The molecular weight excluding hydrogens is 166 g/mol. The van der Waals surface area contributed by atoms with Crippen LogP contribution in [0.2, 0.25) is 0 Å². The number of aliphatic hydroxyl groups excluding tert-OH is 1. The fourth-order valence-electron chi connectivity index (χ4n) is 1.85. The molecule has 3 nitrogen and oxygen atoms in total. The lowest BCUT2D eigenvalue weighted by Crippen LogP contribution is -2.16. The van der Waals surface area contributed by atoms with Gasteiger partial charge in [0.15, 0.2) is 0 Å². The fraction of sp³-hybridized carbons (Fsp3) is 0.300. The van der Waals surface area contributed by atoms with E-state index < -0.39 is 6.10 Å². The normalized spacial score (nSPS) is 23.5. The first-order valence-electron chi connectivity index (χ1n) is 4.23. The molecule has 0 saturated heterocycles. The standard InChI is InChI=1S/C10H11NO2/c1-6-3-2-4-7-5-8(12)10(11-13)9(6)7/h2-4,8,12-13H,5H2,1H3/b11-10-/t8-/m0/s1. The predicted octanol–water partition coefficient (Wildman–Crippen LogP) is 1.09. The van der Waals surface area contributed by atoms with Gasteiger partial charge in [-0.15, -0.1) is 0 Å². The van der Waals surface area contributed by atoms with Crippen molar-refractivity contribution in [1.82, 2.24) is 0 Å². The number of aryl methyl sites for hydroxylation is 1. The highest BCUT2D eigenvalue weighted by Gasteiger charge is 2.28. The van der Waals surface area contributed by atoms with E-state index >= 15 is 0 Å². The van der Waals surface area contributed by atoms with Gasteiger partial charge in [0, 0.05) is 12.0 Å². The minimum Gasteiger partial charge on any atom is -0.411 e. The second-order valence-electron chi connectivity index (χ2n) is 3.31. The molecule has 0 radical (unpaired) electrons. The third-order valence-corrected chi connectivity index (χ3v) is 2.45. The lowest BCUT2D eigenvalue weighted by molar-refractivity contribution is 0.237. The van der Waals surface area contributed by atoms with Gasteiger partial charge >= 0.3 is 0 Å². The number of oxime groups is 1. The largest absolute Gasteiger partial charge is 0.411 e. The van der Waals surface area contributed by atoms with Gasteiger partial charge in [0.2, 0.25) is 0 Å². The summed E-state index contributed by atoms with van der Waals surface area (Å²) in [7, 11) is 0. The highest BCUT2D eigenvalue weighted by atomic mass is 16.4. The van der Waals surface area contributed by atoms with Gasteiger partial charge < -0.3 is 10.3 Å². The molecule has 2 rings (SSSR count). The van der Waals surface area contributed by atoms with Crippen molar-refractivity contribution in [2.24, 2.45) is 5.16 Å². The van der Waals surface area contributed by atoms with Crippen LogP contribution >= 0.6 is 0 Å². The topological polar surface area (TPSA) is 52.8 Å². The zero-order valence-electron chi connectivity index (χ0n) is 7.36. The highest BCUT2D eigenvalue weighted by Crippen LogP contribution is 2.25. The van der Waals surface area contributed by atoms with Crippen LogP contribution in [0.15, 0.2) is 23.4 Å². The Morgan fingerprint density at radius 1 is 1.46 bits per heavy atom. The maximum absolute atomic E-state index is 9.54. The smallest absolute Gasteiger partial charge is 0.116 e. The molecule has 1 aromatic carbocycles. The predicted molar refractivity (Wildman–Crippen MR) is 49.2 cm³/mol. The Morgan fingerprint density at radius 3 is 2.92 bits per heavy atom. The summed E-state index contributed by atoms with van der Waals surface area (Å²) in [4.78, 5) is 0. The second kappa shape index (κ2) is 2.85. The van der Waals surface area contributed by atoms with Crippen molar-refractivity contribution in [2.75, 3.05) is 0 Å². The van der Waals surface area contributed by atoms with Crippen molar-refractivity contribution in [2.45, 2.75) is 19.4 Å². The van der Waals surface area contributed by atoms with Gasteiger partial charge in [0.25, 0.3) is 0 Å². The van der Waals surface area contributed by atoms with Crippen LogP contribution in [0.25, 0.3) is 0 Å². The molecule has 0 spiro atoms. The van der Waals surface area contributed by atoms with E-state index in [1.165, 1.54) is 0 Å². The molecule has 1 aliphatic rings. The summed E-state index contributed by atoms with van der Waals surface area (Å²) in [6, 6.07) is 5.84. The maximum atomic E-state index is 9.54. The van der Waals surface area contributed by atoms with Crippen LogP contribution < -0.4 is 0 Å². The van der Waals surface area contributed by atoms with Crippen molar-refractivity contribution < 1.29 is 10.3 Å². The summed E-state index contributed by atoms with van der Waals surface area (Å²) in [6.07, 6.45) is -0.0998. The summed E-state index contributed by atoms with van der Waals surface area (Å²) >= 11 is 0. The number of fused-ring (bicyclic) bond motifs is 1. The fourth-order valence-corrected chi connectivity index (χ4v) is 1.85. The third-order valence-electron chi connectivity index (χ3n) is 2.45. The lowest BCUT2D eigenvalue weighted by Gasteiger charge is -2.03. The molecular formula is C10H11NO2. The Kier molecular flexibility index (Phi) is 1.81. The number of benzene rings is 1. The van der Waals surface area contributed by atoms with Gasteiger partial charge in [0.05, 0.1) is 0 Å². The zero-order valence-corrected chi connectivity index (χ0v) is 7.36. The zero-order chi connectivity index (χ0) is 9.42. The van der Waals surface area contributed by atoms with Crippen molar-refractivity contribution in [1.29, 1.82) is 0 Å². The third kappa shape index (κ3) is 1.12. The Bertz CT molecular complexity index is 371. The van der Waals surface area contributed by atoms with Gasteiger partial charge in [-0.3, -0.25) is 0 Å². The van der Waals surface area contributed by atoms with E-state index in [4.69, 9.17) is 5.21 Å². The summed E-state index contributed by atoms with van der Waals surface area (Å²) in [5.74, 6) is 0. The molecule has 1 aromatic rings. The van der Waals surface area contributed by atoms with E-state index in [9.17, 15) is 5.11 Å². The monoisotopic (exact) mass is 177 g/mol. The number of hydrogen-bond donors (Lipinski definition) is 2. The Balaban J connectivity index is 2.63. The molecule has 0 unspecified atom stereocenters. The van der Waals surface area contributed by atoms with E-state index in [1.807, 2.05) is 25.1 Å². The Morgan fingerprint density at radius 2 is 2.23 bits per heavy atom. The van der Waals surface area contributed by atoms with Crippen LogP contribution in [0.5, 0.6) is 0 Å². The minimum atomic E-state index is -0.652. The van der Waals surface area contributed by atoms with Crippen LogP contribution in [0.1, 0.15) is 16.7 Å². The summed E-state index contributed by atoms with van der Waals surface area (Å²) in [5, 5.41) is 21.4. The van der Waals surface area contributed by atoms with Gasteiger partial charge in [-0.2, -0.15) is 0 Å². The average Bonchev–Trinajstić information content (AvgIpc) is 2.42. The molecule has 3 heteroatoms. The van der Waals surface area contributed by atoms with Crippen molar-refractivity contribution >= 4 is 5.71 Å². The maximum Gasteiger partial charge on any atom is 0.116 e. The van der Waals surface area contributed by atoms with Gasteiger partial charge in [-0.25, -0.2) is 0 Å². The number of rotatable bonds is 0. The SMILES string of the molecule is Cc1cccc2c1/C(=N\O)[C@@H](O)C2. The average molecular weight is 177 g/mol. The van der Waals surface area contributed by atoms with Crippen LogP contribution in [0.3, 0.4) is 0 Å². The number of nitrogens with zero attached hydrogens (tertiary/aromatic N) is 1. The molecule has 13 heavy (non-hydrogen) atoms. The van der Waals surface area contributed by atoms with Gasteiger partial charge in [0.1, 0.15) is 11.8 Å². The van der Waals surface area contributed by atoms with E-state index in [0.29, 0.717) is 12.1 Å². The first-order chi connectivity index (χ1) is 6.24. The Hall–Kier alpha value is -1.35. The molecule has 0 aliphatic heterocycles. The molecule has 2 N–H and O–H groups in total. The van der Waals surface area contributed by atoms with E-state index in [1.54, 1.807) is 0 Å². The van der Waals surface area contributed by atoms with E-state index in [0.717, 1.165) is 16.7 Å². The lowest BCUT2D eigenvalue weighted by atomic mass is 10.0.